The van der Waals surface area contributed by atoms with Crippen LogP contribution in [0.5, 0.6) is 0 Å². The minimum Gasteiger partial charge on any atom is -0.361 e. The SMILES string of the molecule is CCCC[C@@H]1NC(=O)[C@H](Cc2c[nH]c3ccccc23)NC(=O)[C@@H](CC2CCCCC2)NC(=O)[C@@H]2CCCN2C(=O)[C@@H](NC(=O)[C@H](Cc2ccccc2)NC(C)=O)CCCNC1=O. The van der Waals surface area contributed by atoms with Crippen molar-refractivity contribution in [2.75, 3.05) is 13.1 Å². The van der Waals surface area contributed by atoms with E-state index in [1.165, 1.54) is 11.8 Å². The van der Waals surface area contributed by atoms with Crippen molar-refractivity contribution in [1.29, 1.82) is 0 Å². The monoisotopic (exact) mass is 852 g/mol. The van der Waals surface area contributed by atoms with Crippen LogP contribution in [-0.4, -0.2) is 101 Å². The highest BCUT2D eigenvalue weighted by molar-refractivity contribution is 5.98. The summed E-state index contributed by atoms with van der Waals surface area (Å²) < 4.78 is 0. The van der Waals surface area contributed by atoms with Crippen LogP contribution in [0.2, 0.25) is 0 Å². The van der Waals surface area contributed by atoms with Gasteiger partial charge >= 0.3 is 0 Å². The minimum absolute atomic E-state index is 0.124. The third kappa shape index (κ3) is 12.4. The third-order valence-corrected chi connectivity index (χ3v) is 12.5. The fourth-order valence-corrected chi connectivity index (χ4v) is 9.19. The Hall–Kier alpha value is -5.73. The maximum atomic E-state index is 14.6. The van der Waals surface area contributed by atoms with Crippen molar-refractivity contribution in [3.05, 3.63) is 71.9 Å². The number of fused-ring (bicyclic) bond motifs is 2. The van der Waals surface area contributed by atoms with Crippen molar-refractivity contribution in [2.45, 2.75) is 146 Å². The number of carbonyl (C=O) groups excluding carboxylic acids is 7. The molecular weight excluding hydrogens is 789 g/mol. The Labute approximate surface area is 364 Å². The molecule has 2 aliphatic heterocycles. The minimum atomic E-state index is -1.08. The first-order chi connectivity index (χ1) is 30.0. The topological polar surface area (TPSA) is 211 Å². The van der Waals surface area contributed by atoms with Gasteiger partial charge < -0.3 is 41.8 Å². The van der Waals surface area contributed by atoms with Crippen molar-refractivity contribution < 1.29 is 33.6 Å². The number of carbonyl (C=O) groups is 7. The highest BCUT2D eigenvalue weighted by atomic mass is 16.2. The van der Waals surface area contributed by atoms with E-state index in [2.05, 4.69) is 36.9 Å². The first kappa shape index (κ1) is 45.8. The van der Waals surface area contributed by atoms with Crippen molar-refractivity contribution in [3.63, 3.8) is 0 Å². The Morgan fingerprint density at radius 1 is 0.774 bits per heavy atom. The largest absolute Gasteiger partial charge is 0.361 e. The number of H-pyrrole nitrogens is 1. The number of unbranched alkanes of at least 4 members (excludes halogenated alkanes) is 1. The summed E-state index contributed by atoms with van der Waals surface area (Å²) in [6, 6.07) is 11.0. The van der Waals surface area contributed by atoms with Gasteiger partial charge in [-0.05, 0) is 61.6 Å². The van der Waals surface area contributed by atoms with E-state index in [4.69, 9.17) is 0 Å². The molecule has 0 spiro atoms. The Balaban J connectivity index is 1.30. The quantitative estimate of drug-likeness (QED) is 0.144. The van der Waals surface area contributed by atoms with E-state index >= 15 is 0 Å². The molecule has 1 aromatic heterocycles. The number of amides is 7. The van der Waals surface area contributed by atoms with Crippen LogP contribution in [0.1, 0.15) is 108 Å². The van der Waals surface area contributed by atoms with Crippen molar-refractivity contribution in [2.24, 2.45) is 5.92 Å². The highest BCUT2D eigenvalue weighted by Gasteiger charge is 2.40. The number of aromatic amines is 1. The zero-order valence-corrected chi connectivity index (χ0v) is 36.1. The zero-order valence-electron chi connectivity index (χ0n) is 36.1. The van der Waals surface area contributed by atoms with Crippen LogP contribution in [0, 0.1) is 5.92 Å². The molecule has 1 aliphatic carbocycles. The number of nitrogens with zero attached hydrogens (tertiary/aromatic N) is 1. The van der Waals surface area contributed by atoms with E-state index in [1.54, 1.807) is 0 Å². The molecule has 3 heterocycles. The normalized spacial score (nSPS) is 24.1. The van der Waals surface area contributed by atoms with E-state index in [1.807, 2.05) is 67.7 Å². The maximum Gasteiger partial charge on any atom is 0.245 e. The summed E-state index contributed by atoms with van der Waals surface area (Å²) in [5, 5.41) is 18.4. The predicted octanol–water partition coefficient (Wildman–Crippen LogP) is 3.46. The second-order valence-corrected chi connectivity index (χ2v) is 17.3. The number of hydrogen-bond acceptors (Lipinski definition) is 7. The predicted molar refractivity (Wildman–Crippen MR) is 235 cm³/mol. The van der Waals surface area contributed by atoms with Crippen LogP contribution in [0.25, 0.3) is 10.9 Å². The molecule has 7 N–H and O–H groups in total. The van der Waals surface area contributed by atoms with Gasteiger partial charge in [0, 0.05) is 50.0 Å². The molecule has 3 aliphatic rings. The average Bonchev–Trinajstić information content (AvgIpc) is 3.93. The standard InChI is InChI=1S/C47H64N8O7/c1-3-4-20-36-42(57)48-24-13-22-37(52-43(58)38(50-30(2)56)26-31-15-7-5-8-16-31)47(62)55-25-14-23-41(55)46(61)54-39(27-32-17-9-6-10-18-32)44(59)53-40(45(60)51-36)28-33-29-49-35-21-12-11-19-34(33)35/h5,7-8,11-12,15-16,19,21,29,32,36-41,49H,3-4,6,9-10,13-14,17-18,20,22-28H2,1-2H3,(H,48,57)(H,50,56)(H,51,60)(H,52,58)(H,53,59)(H,54,61)/t36-,37-,38-,39+,40-,41-/m0/s1. The fourth-order valence-electron chi connectivity index (χ4n) is 9.19. The molecule has 15 nitrogen and oxygen atoms in total. The van der Waals surface area contributed by atoms with Crippen molar-refractivity contribution in [1.82, 2.24) is 41.8 Å². The van der Waals surface area contributed by atoms with E-state index < -0.39 is 77.6 Å². The first-order valence-electron chi connectivity index (χ1n) is 22.7. The van der Waals surface area contributed by atoms with Crippen LogP contribution in [0.15, 0.2) is 60.8 Å². The number of nitrogens with one attached hydrogen (secondary N) is 7. The molecule has 3 fully saturated rings. The van der Waals surface area contributed by atoms with Gasteiger partial charge in [0.25, 0.3) is 0 Å². The van der Waals surface area contributed by atoms with Crippen LogP contribution >= 0.6 is 0 Å². The summed E-state index contributed by atoms with van der Waals surface area (Å²) >= 11 is 0. The van der Waals surface area contributed by atoms with Crippen molar-refractivity contribution >= 4 is 52.3 Å². The van der Waals surface area contributed by atoms with Crippen LogP contribution in [0.3, 0.4) is 0 Å². The van der Waals surface area contributed by atoms with Gasteiger partial charge in [-0.15, -0.1) is 0 Å². The Morgan fingerprint density at radius 2 is 1.48 bits per heavy atom. The number of hydrogen-bond donors (Lipinski definition) is 7. The number of aromatic nitrogens is 1. The van der Waals surface area contributed by atoms with Gasteiger partial charge in [-0.25, -0.2) is 0 Å². The molecule has 15 heteroatoms. The lowest BCUT2D eigenvalue weighted by Gasteiger charge is -2.32. The lowest BCUT2D eigenvalue weighted by molar-refractivity contribution is -0.142. The second-order valence-electron chi connectivity index (χ2n) is 17.3. The fraction of sp³-hybridized carbons (Fsp3) is 0.553. The van der Waals surface area contributed by atoms with Gasteiger partial charge in [-0.3, -0.25) is 33.6 Å². The molecule has 62 heavy (non-hydrogen) atoms. The summed E-state index contributed by atoms with van der Waals surface area (Å²) in [7, 11) is 0. The molecule has 0 bridgehead atoms. The summed E-state index contributed by atoms with van der Waals surface area (Å²) in [4.78, 5) is 103. The van der Waals surface area contributed by atoms with Gasteiger partial charge in [0.05, 0.1) is 0 Å². The first-order valence-corrected chi connectivity index (χ1v) is 22.7. The lowest BCUT2D eigenvalue weighted by Crippen LogP contribution is -2.60. The van der Waals surface area contributed by atoms with Crippen LogP contribution in [-0.2, 0) is 46.4 Å². The van der Waals surface area contributed by atoms with Crippen LogP contribution in [0.4, 0.5) is 0 Å². The van der Waals surface area contributed by atoms with E-state index in [0.717, 1.165) is 60.6 Å². The molecule has 2 saturated heterocycles. The zero-order chi connectivity index (χ0) is 44.0. The number of para-hydroxylation sites is 1. The Kier molecular flexibility index (Phi) is 16.5. The Morgan fingerprint density at radius 3 is 2.24 bits per heavy atom. The van der Waals surface area contributed by atoms with Crippen molar-refractivity contribution in [3.8, 4) is 0 Å². The molecule has 1 saturated carbocycles. The molecule has 6 atom stereocenters. The molecule has 0 radical (unpaired) electrons. The third-order valence-electron chi connectivity index (χ3n) is 12.5. The summed E-state index contributed by atoms with van der Waals surface area (Å²) in [6.07, 6.45) is 10.6. The summed E-state index contributed by atoms with van der Waals surface area (Å²) in [6.45, 7) is 3.72. The van der Waals surface area contributed by atoms with Gasteiger partial charge in [0.1, 0.15) is 36.3 Å². The average molecular weight is 853 g/mol. The van der Waals surface area contributed by atoms with E-state index in [-0.39, 0.29) is 44.7 Å². The molecule has 0 unspecified atom stereocenters. The van der Waals surface area contributed by atoms with Gasteiger partial charge in [-0.2, -0.15) is 0 Å². The summed E-state index contributed by atoms with van der Waals surface area (Å²) in [5.41, 5.74) is 2.52. The van der Waals surface area contributed by atoms with Gasteiger partial charge in [0.15, 0.2) is 0 Å². The molecule has 2 aromatic carbocycles. The molecule has 7 amide bonds. The Bertz CT molecular complexity index is 2030. The summed E-state index contributed by atoms with van der Waals surface area (Å²) in [5.74, 6) is -3.12. The molecule has 3 aromatic rings. The lowest BCUT2D eigenvalue weighted by atomic mass is 9.84. The van der Waals surface area contributed by atoms with Gasteiger partial charge in [0.2, 0.25) is 41.4 Å². The van der Waals surface area contributed by atoms with Gasteiger partial charge in [-0.1, -0.05) is 100 Å². The molecular formula is C47H64N8O7. The maximum absolute atomic E-state index is 14.6. The van der Waals surface area contributed by atoms with Crippen LogP contribution < -0.4 is 31.9 Å². The molecule has 6 rings (SSSR count). The van der Waals surface area contributed by atoms with E-state index in [0.29, 0.717) is 32.1 Å². The smallest absolute Gasteiger partial charge is 0.245 e. The number of rotatable bonds is 12. The molecule has 334 valence electrons. The van der Waals surface area contributed by atoms with E-state index in [9.17, 15) is 33.6 Å². The number of benzene rings is 2. The second kappa shape index (κ2) is 22.4. The highest BCUT2D eigenvalue weighted by Crippen LogP contribution is 2.28.